The lowest BCUT2D eigenvalue weighted by atomic mass is 9.96. The predicted octanol–water partition coefficient (Wildman–Crippen LogP) is 9.28. The second-order valence-corrected chi connectivity index (χ2v) is 25.7. The molecular weight excluding hydrogens is 1120 g/mol. The van der Waals surface area contributed by atoms with E-state index in [0.29, 0.717) is 6.42 Å². The summed E-state index contributed by atoms with van der Waals surface area (Å²) in [5.41, 5.74) is 0. The highest BCUT2D eigenvalue weighted by atomic mass is 16.8. The van der Waals surface area contributed by atoms with Crippen LogP contribution < -0.4 is 5.32 Å². The zero-order valence-corrected chi connectivity index (χ0v) is 54.3. The Morgan fingerprint density at radius 2 is 0.713 bits per heavy atom. The zero-order valence-electron chi connectivity index (χ0n) is 54.3. The summed E-state index contributed by atoms with van der Waals surface area (Å²) in [5, 5.41) is 120. The largest absolute Gasteiger partial charge is 0.394 e. The number of hydrogen-bond acceptors (Lipinski definition) is 18. The standard InChI is InChI=1S/C68H129NO18/c1-3-5-7-9-11-12-13-14-15-16-17-18-19-20-21-22-23-24-25-26-27-28-29-30-31-32-33-34-35-36-37-38-39-40-42-44-46-56(74)69-51(52(73)45-43-41-10-8-6-4-2)50-82-66-62(80)59(77)64(54(48-71)84-66)87-68-63(81)60(78)65(55(49-72)85-68)86-67-61(79)58(76)57(75)53(47-70)83-67/h43,45,51-55,57-68,70-73,75-81H,3-42,44,46-50H2,1-2H3,(H,69,74)/b45-43+. The highest BCUT2D eigenvalue weighted by Gasteiger charge is 2.53. The zero-order chi connectivity index (χ0) is 63.3. The van der Waals surface area contributed by atoms with E-state index in [1.807, 2.05) is 6.08 Å². The molecular formula is C68H129NO18. The number of unbranched alkanes of at least 4 members (excludes halogenated alkanes) is 39. The van der Waals surface area contributed by atoms with Crippen molar-refractivity contribution in [1.82, 2.24) is 5.32 Å². The number of nitrogens with one attached hydrogen (secondary N) is 1. The molecule has 3 rings (SSSR count). The summed E-state index contributed by atoms with van der Waals surface area (Å²) in [6, 6.07) is -0.965. The van der Waals surface area contributed by atoms with Gasteiger partial charge in [0.05, 0.1) is 38.6 Å². The minimum Gasteiger partial charge on any atom is -0.394 e. The average molecular weight is 1250 g/mol. The molecule has 12 N–H and O–H groups in total. The Kier molecular flexibility index (Phi) is 46.8. The van der Waals surface area contributed by atoms with E-state index in [0.717, 1.165) is 51.4 Å². The fraction of sp³-hybridized carbons (Fsp3) is 0.956. The number of aliphatic hydroxyl groups is 11. The second-order valence-electron chi connectivity index (χ2n) is 25.7. The number of amides is 1. The minimum absolute atomic E-state index is 0.248. The summed E-state index contributed by atoms with van der Waals surface area (Å²) < 4.78 is 34.2. The normalized spacial score (nSPS) is 28.6. The average Bonchev–Trinajstić information content (AvgIpc) is 2.02. The molecule has 3 heterocycles. The van der Waals surface area contributed by atoms with Crippen molar-refractivity contribution in [3.63, 3.8) is 0 Å². The van der Waals surface area contributed by atoms with Gasteiger partial charge in [0, 0.05) is 6.42 Å². The fourth-order valence-electron chi connectivity index (χ4n) is 12.3. The molecule has 87 heavy (non-hydrogen) atoms. The van der Waals surface area contributed by atoms with Gasteiger partial charge in [-0.15, -0.1) is 0 Å². The Balaban J connectivity index is 1.24. The topological polar surface area (TPSA) is 307 Å². The van der Waals surface area contributed by atoms with E-state index in [-0.39, 0.29) is 18.9 Å². The maximum atomic E-state index is 13.3. The Morgan fingerprint density at radius 1 is 0.402 bits per heavy atom. The van der Waals surface area contributed by atoms with Crippen LogP contribution in [0.2, 0.25) is 0 Å². The summed E-state index contributed by atoms with van der Waals surface area (Å²) >= 11 is 0. The quantitative estimate of drug-likeness (QED) is 0.0199. The Hall–Kier alpha value is -1.47. The number of hydrogen-bond donors (Lipinski definition) is 12. The molecule has 0 aromatic carbocycles. The van der Waals surface area contributed by atoms with Gasteiger partial charge in [0.1, 0.15) is 73.2 Å². The van der Waals surface area contributed by atoms with Gasteiger partial charge in [0.25, 0.3) is 0 Å². The minimum atomic E-state index is -1.97. The van der Waals surface area contributed by atoms with E-state index in [2.05, 4.69) is 19.2 Å². The summed E-state index contributed by atoms with van der Waals surface area (Å²) in [6.45, 7) is 1.66. The maximum Gasteiger partial charge on any atom is 0.220 e. The van der Waals surface area contributed by atoms with Crippen molar-refractivity contribution >= 4 is 5.91 Å². The molecule has 0 aromatic rings. The third-order valence-electron chi connectivity index (χ3n) is 18.1. The van der Waals surface area contributed by atoms with Crippen molar-refractivity contribution in [3.8, 4) is 0 Å². The van der Waals surface area contributed by atoms with Crippen LogP contribution in [0.5, 0.6) is 0 Å². The van der Waals surface area contributed by atoms with Crippen molar-refractivity contribution in [1.29, 1.82) is 0 Å². The smallest absolute Gasteiger partial charge is 0.220 e. The molecule has 3 fully saturated rings. The second kappa shape index (κ2) is 51.0. The van der Waals surface area contributed by atoms with Gasteiger partial charge >= 0.3 is 0 Å². The van der Waals surface area contributed by atoms with Gasteiger partial charge in [0.15, 0.2) is 18.9 Å². The monoisotopic (exact) mass is 1250 g/mol. The molecule has 3 saturated heterocycles. The first-order valence-electron chi connectivity index (χ1n) is 35.4. The Bertz CT molecular complexity index is 1630. The molecule has 0 saturated carbocycles. The molecule has 0 bridgehead atoms. The van der Waals surface area contributed by atoms with Crippen molar-refractivity contribution < 1.29 is 89.4 Å². The predicted molar refractivity (Wildman–Crippen MR) is 337 cm³/mol. The highest BCUT2D eigenvalue weighted by molar-refractivity contribution is 5.76. The van der Waals surface area contributed by atoms with E-state index >= 15 is 0 Å². The molecule has 0 aliphatic carbocycles. The molecule has 1 amide bonds. The molecule has 17 atom stereocenters. The van der Waals surface area contributed by atoms with Crippen LogP contribution in [-0.4, -0.2) is 193 Å². The molecule has 0 spiro atoms. The number of ether oxygens (including phenoxy) is 6. The van der Waals surface area contributed by atoms with Crippen LogP contribution in [0.15, 0.2) is 12.2 Å². The Morgan fingerprint density at radius 3 is 1.08 bits per heavy atom. The van der Waals surface area contributed by atoms with E-state index in [1.165, 1.54) is 205 Å². The molecule has 19 heteroatoms. The van der Waals surface area contributed by atoms with Crippen LogP contribution in [0.4, 0.5) is 0 Å². The molecule has 19 nitrogen and oxygen atoms in total. The first-order chi connectivity index (χ1) is 42.3. The molecule has 514 valence electrons. The van der Waals surface area contributed by atoms with Crippen molar-refractivity contribution in [2.45, 2.75) is 388 Å². The van der Waals surface area contributed by atoms with Crippen LogP contribution in [0.1, 0.15) is 284 Å². The number of aliphatic hydroxyl groups excluding tert-OH is 11. The molecule has 0 aromatic heterocycles. The fourth-order valence-corrected chi connectivity index (χ4v) is 12.3. The molecule has 3 aliphatic heterocycles. The number of carbonyl (C=O) groups excluding carboxylic acids is 1. The lowest BCUT2D eigenvalue weighted by molar-refractivity contribution is -0.379. The molecule has 3 aliphatic rings. The lowest BCUT2D eigenvalue weighted by Crippen LogP contribution is -2.66. The van der Waals surface area contributed by atoms with Crippen LogP contribution in [0, 0.1) is 0 Å². The van der Waals surface area contributed by atoms with Gasteiger partial charge in [-0.05, 0) is 19.3 Å². The van der Waals surface area contributed by atoms with Crippen LogP contribution in [0.25, 0.3) is 0 Å². The maximum absolute atomic E-state index is 13.3. The van der Waals surface area contributed by atoms with Crippen molar-refractivity contribution in [2.75, 3.05) is 26.4 Å². The summed E-state index contributed by atoms with van der Waals surface area (Å²) in [6.07, 6.45) is 30.2. The van der Waals surface area contributed by atoms with Gasteiger partial charge in [-0.3, -0.25) is 4.79 Å². The van der Waals surface area contributed by atoms with Gasteiger partial charge in [-0.2, -0.15) is 0 Å². The summed E-state index contributed by atoms with van der Waals surface area (Å²) in [7, 11) is 0. The number of rotatable bonds is 55. The SMILES string of the molecule is CCCCCC/C=C/C(O)C(COC1OC(CO)C(OC2OC(CO)C(OC3OC(CO)C(O)C(O)C3O)C(O)C2O)C(O)C1O)NC(=O)CCCCCCCCCCCCCCCCCCCCCCCCCCCCCCCCCCCCCC. The number of carbonyl (C=O) groups is 1. The third kappa shape index (κ3) is 33.3. The molecule has 17 unspecified atom stereocenters. The lowest BCUT2D eigenvalue weighted by Gasteiger charge is -2.48. The van der Waals surface area contributed by atoms with Crippen LogP contribution in [-0.2, 0) is 33.2 Å². The highest BCUT2D eigenvalue weighted by Crippen LogP contribution is 2.33. The third-order valence-corrected chi connectivity index (χ3v) is 18.1. The van der Waals surface area contributed by atoms with Crippen LogP contribution >= 0.6 is 0 Å². The van der Waals surface area contributed by atoms with E-state index < -0.39 is 124 Å². The Labute approximate surface area is 525 Å². The number of allylic oxidation sites excluding steroid dienone is 1. The van der Waals surface area contributed by atoms with Crippen molar-refractivity contribution in [2.24, 2.45) is 0 Å². The first kappa shape index (κ1) is 79.8. The van der Waals surface area contributed by atoms with Gasteiger partial charge < -0.3 is 89.9 Å². The summed E-state index contributed by atoms with van der Waals surface area (Å²) in [5.74, 6) is -0.276. The van der Waals surface area contributed by atoms with Gasteiger partial charge in [0.2, 0.25) is 5.91 Å². The van der Waals surface area contributed by atoms with Crippen molar-refractivity contribution in [3.05, 3.63) is 12.2 Å². The van der Waals surface area contributed by atoms with E-state index in [9.17, 15) is 61.0 Å². The first-order valence-corrected chi connectivity index (χ1v) is 35.4. The molecule has 0 radical (unpaired) electrons. The van der Waals surface area contributed by atoms with E-state index in [1.54, 1.807) is 6.08 Å². The van der Waals surface area contributed by atoms with Gasteiger partial charge in [-0.25, -0.2) is 0 Å². The van der Waals surface area contributed by atoms with Crippen LogP contribution in [0.3, 0.4) is 0 Å². The summed E-state index contributed by atoms with van der Waals surface area (Å²) in [4.78, 5) is 13.3. The van der Waals surface area contributed by atoms with E-state index in [4.69, 9.17) is 28.4 Å². The van der Waals surface area contributed by atoms with Gasteiger partial charge in [-0.1, -0.05) is 270 Å².